The first-order valence-corrected chi connectivity index (χ1v) is 19.9. The molecule has 0 fully saturated rings. The monoisotopic (exact) mass is 701 g/mol. The Kier molecular flexibility index (Phi) is 12.7. The number of benzene rings is 4. The van der Waals surface area contributed by atoms with E-state index < -0.39 is 10.1 Å². The molecule has 6 heteroatoms. The SMILES string of the molecule is CCCCN(c1ccc(CC)cc1)c1ccc(C(=C2C=CC(=[N+](CCCC)c3ccc(CC)cc3)C(C)=C2)c2ccccc2S(=O)(=O)O)cc1C. The van der Waals surface area contributed by atoms with Gasteiger partial charge in [0, 0.05) is 53.7 Å². The minimum atomic E-state index is -4.50. The van der Waals surface area contributed by atoms with E-state index in [0.717, 1.165) is 102 Å². The molecule has 0 saturated heterocycles. The van der Waals surface area contributed by atoms with Crippen LogP contribution in [0.4, 0.5) is 17.1 Å². The number of unbranched alkanes of at least 4 members (excludes halogenated alkanes) is 2. The Morgan fingerprint density at radius 1 is 0.765 bits per heavy atom. The van der Waals surface area contributed by atoms with Crippen molar-refractivity contribution in [2.75, 3.05) is 18.0 Å². The molecule has 0 atom stereocenters. The Labute approximate surface area is 306 Å². The zero-order chi connectivity index (χ0) is 36.5. The van der Waals surface area contributed by atoms with Crippen LogP contribution in [0.25, 0.3) is 5.57 Å². The van der Waals surface area contributed by atoms with Crippen molar-refractivity contribution in [3.63, 3.8) is 0 Å². The van der Waals surface area contributed by atoms with Crippen molar-refractivity contribution in [1.82, 2.24) is 0 Å². The van der Waals surface area contributed by atoms with Gasteiger partial charge in [-0.05, 0) is 109 Å². The maximum atomic E-state index is 12.8. The third kappa shape index (κ3) is 8.87. The molecule has 5 rings (SSSR count). The third-order valence-corrected chi connectivity index (χ3v) is 10.7. The van der Waals surface area contributed by atoms with Gasteiger partial charge in [0.15, 0.2) is 0 Å². The maximum Gasteiger partial charge on any atom is 0.295 e. The number of hydrogen-bond acceptors (Lipinski definition) is 3. The van der Waals surface area contributed by atoms with E-state index in [2.05, 4.69) is 136 Å². The molecular weight excluding hydrogens is 649 g/mol. The second-order valence-electron chi connectivity index (χ2n) is 13.4. The minimum Gasteiger partial charge on any atom is -0.341 e. The summed E-state index contributed by atoms with van der Waals surface area (Å²) in [4.78, 5) is 2.27. The molecule has 1 aliphatic carbocycles. The lowest BCUT2D eigenvalue weighted by atomic mass is 9.88. The van der Waals surface area contributed by atoms with Gasteiger partial charge in [-0.1, -0.05) is 89.1 Å². The molecule has 0 radical (unpaired) electrons. The second-order valence-corrected chi connectivity index (χ2v) is 14.8. The average molecular weight is 702 g/mol. The molecule has 0 saturated carbocycles. The van der Waals surface area contributed by atoms with Gasteiger partial charge in [0.1, 0.15) is 11.4 Å². The van der Waals surface area contributed by atoms with E-state index in [0.29, 0.717) is 5.56 Å². The first-order chi connectivity index (χ1) is 24.6. The van der Waals surface area contributed by atoms with Crippen LogP contribution in [0.1, 0.15) is 88.1 Å². The lowest BCUT2D eigenvalue weighted by Gasteiger charge is -2.28. The maximum absolute atomic E-state index is 12.8. The van der Waals surface area contributed by atoms with Crippen LogP contribution in [0.3, 0.4) is 0 Å². The molecule has 0 bridgehead atoms. The summed E-state index contributed by atoms with van der Waals surface area (Å²) in [7, 11) is -4.50. The predicted octanol–water partition coefficient (Wildman–Crippen LogP) is 11.2. The summed E-state index contributed by atoms with van der Waals surface area (Å²) in [5, 5.41) is 0. The number of nitrogens with zero attached hydrogens (tertiary/aromatic N) is 2. The van der Waals surface area contributed by atoms with E-state index >= 15 is 0 Å². The lowest BCUT2D eigenvalue weighted by molar-refractivity contribution is -0.440. The summed E-state index contributed by atoms with van der Waals surface area (Å²) < 4.78 is 38.3. The highest BCUT2D eigenvalue weighted by Crippen LogP contribution is 2.38. The molecule has 0 unspecified atom stereocenters. The van der Waals surface area contributed by atoms with Crippen LogP contribution in [0.5, 0.6) is 0 Å². The standard InChI is InChI=1S/C45H52N2O3S/c1-7-11-29-46(39-23-17-35(9-3)18-24-39)42-27-21-37(31-33(42)5)45(41-15-13-14-16-44(41)51(48,49)50)38-22-28-43(34(6)32-38)47(30-12-8-2)40-25-19-36(10-4)20-26-40/h13-28,31-32H,7-12,29-30H2,1-6H3/p+1. The molecule has 51 heavy (non-hydrogen) atoms. The summed E-state index contributed by atoms with van der Waals surface area (Å²) in [6, 6.07) is 30.7. The van der Waals surface area contributed by atoms with E-state index in [4.69, 9.17) is 0 Å². The Hall–Kier alpha value is -4.52. The smallest absolute Gasteiger partial charge is 0.295 e. The molecular formula is C45H53N2O3S+. The Morgan fingerprint density at radius 3 is 2.00 bits per heavy atom. The highest BCUT2D eigenvalue weighted by molar-refractivity contribution is 7.86. The molecule has 0 aliphatic heterocycles. The Bertz CT molecular complexity index is 2070. The van der Waals surface area contributed by atoms with Gasteiger partial charge >= 0.3 is 0 Å². The summed E-state index contributed by atoms with van der Waals surface area (Å²) in [6.07, 6.45) is 12.7. The van der Waals surface area contributed by atoms with E-state index in [1.807, 2.05) is 6.07 Å². The number of anilines is 2. The van der Waals surface area contributed by atoms with Gasteiger partial charge < -0.3 is 4.90 Å². The van der Waals surface area contributed by atoms with Crippen molar-refractivity contribution in [2.24, 2.45) is 0 Å². The normalized spacial score (nSPS) is 15.1. The molecule has 0 spiro atoms. The van der Waals surface area contributed by atoms with Crippen LogP contribution in [0.15, 0.2) is 125 Å². The molecule has 1 N–H and O–H groups in total. The first-order valence-electron chi connectivity index (χ1n) is 18.5. The summed E-state index contributed by atoms with van der Waals surface area (Å²) in [6.45, 7) is 14.8. The van der Waals surface area contributed by atoms with Crippen molar-refractivity contribution >= 4 is 38.5 Å². The summed E-state index contributed by atoms with van der Waals surface area (Å²) in [5.41, 5.74) is 12.3. The number of rotatable bonds is 14. The van der Waals surface area contributed by atoms with Gasteiger partial charge in [0.2, 0.25) is 11.4 Å². The average Bonchev–Trinajstić information content (AvgIpc) is 3.13. The Morgan fingerprint density at radius 2 is 1.41 bits per heavy atom. The van der Waals surface area contributed by atoms with Gasteiger partial charge in [-0.15, -0.1) is 0 Å². The van der Waals surface area contributed by atoms with Gasteiger partial charge in [-0.3, -0.25) is 4.55 Å². The van der Waals surface area contributed by atoms with Crippen molar-refractivity contribution in [1.29, 1.82) is 0 Å². The quantitative estimate of drug-likeness (QED) is 0.105. The fraction of sp³-hybridized carbons (Fsp3) is 0.311. The number of aryl methyl sites for hydroxylation is 3. The molecule has 1 aliphatic rings. The number of allylic oxidation sites excluding steroid dienone is 5. The van der Waals surface area contributed by atoms with E-state index in [-0.39, 0.29) is 4.90 Å². The van der Waals surface area contributed by atoms with Crippen molar-refractivity contribution in [3.05, 3.63) is 148 Å². The highest BCUT2D eigenvalue weighted by atomic mass is 32.2. The summed E-state index contributed by atoms with van der Waals surface area (Å²) >= 11 is 0. The largest absolute Gasteiger partial charge is 0.341 e. The first kappa shape index (κ1) is 37.7. The molecule has 4 aromatic carbocycles. The van der Waals surface area contributed by atoms with Gasteiger partial charge in [-0.2, -0.15) is 13.0 Å². The fourth-order valence-electron chi connectivity index (χ4n) is 6.84. The van der Waals surface area contributed by atoms with Crippen LogP contribution in [-0.2, 0) is 23.0 Å². The van der Waals surface area contributed by atoms with Crippen LogP contribution >= 0.6 is 0 Å². The van der Waals surface area contributed by atoms with E-state index in [1.54, 1.807) is 12.1 Å². The third-order valence-electron chi connectivity index (χ3n) is 9.77. The fourth-order valence-corrected chi connectivity index (χ4v) is 7.53. The van der Waals surface area contributed by atoms with Gasteiger partial charge in [0.25, 0.3) is 10.1 Å². The second kappa shape index (κ2) is 17.1. The highest BCUT2D eigenvalue weighted by Gasteiger charge is 2.25. The minimum absolute atomic E-state index is 0.107. The molecule has 0 heterocycles. The van der Waals surface area contributed by atoms with Gasteiger partial charge in [-0.25, -0.2) is 0 Å². The van der Waals surface area contributed by atoms with Gasteiger partial charge in [0.05, 0.1) is 0 Å². The molecule has 266 valence electrons. The van der Waals surface area contributed by atoms with Crippen LogP contribution in [-0.4, -0.2) is 36.3 Å². The van der Waals surface area contributed by atoms with Crippen molar-refractivity contribution in [2.45, 2.75) is 85.0 Å². The molecule has 4 aromatic rings. The van der Waals surface area contributed by atoms with Crippen molar-refractivity contribution in [3.8, 4) is 0 Å². The zero-order valence-corrected chi connectivity index (χ0v) is 31.9. The number of hydrogen-bond donors (Lipinski definition) is 1. The topological polar surface area (TPSA) is 60.6 Å². The molecule has 5 nitrogen and oxygen atoms in total. The Balaban J connectivity index is 1.69. The zero-order valence-electron chi connectivity index (χ0n) is 31.1. The van der Waals surface area contributed by atoms with E-state index in [9.17, 15) is 13.0 Å². The van der Waals surface area contributed by atoms with E-state index in [1.165, 1.54) is 17.2 Å². The van der Waals surface area contributed by atoms with Crippen LogP contribution in [0.2, 0.25) is 0 Å². The molecule has 0 aromatic heterocycles. The summed E-state index contributed by atoms with van der Waals surface area (Å²) in [5.74, 6) is 0. The van der Waals surface area contributed by atoms with Crippen LogP contribution in [0, 0.1) is 6.92 Å². The molecule has 0 amide bonds. The predicted molar refractivity (Wildman–Crippen MR) is 215 cm³/mol. The van der Waals surface area contributed by atoms with Crippen LogP contribution < -0.4 is 4.90 Å². The lowest BCUT2D eigenvalue weighted by Crippen LogP contribution is -2.20. The van der Waals surface area contributed by atoms with Crippen molar-refractivity contribution < 1.29 is 17.5 Å².